The average Bonchev–Trinajstić information content (AvgIpc) is 2.79. The summed E-state index contributed by atoms with van der Waals surface area (Å²) >= 11 is 1.76. The molecule has 0 atom stereocenters. The maximum absolute atomic E-state index is 11.7. The zero-order chi connectivity index (χ0) is 20.9. The van der Waals surface area contributed by atoms with Crippen molar-refractivity contribution in [1.82, 2.24) is 19.6 Å². The number of carbonyl (C=O) groups is 1. The Kier molecular flexibility index (Phi) is 6.71. The van der Waals surface area contributed by atoms with Gasteiger partial charge in [0, 0.05) is 43.0 Å². The first-order chi connectivity index (χ1) is 14.7. The molecule has 1 aromatic heterocycles. The topological polar surface area (TPSA) is 82.6 Å². The largest absolute Gasteiger partial charge is 0.378 e. The van der Waals surface area contributed by atoms with Gasteiger partial charge < -0.3 is 20.3 Å². The molecular weight excluding hydrogens is 400 g/mol. The van der Waals surface area contributed by atoms with Crippen LogP contribution in [-0.4, -0.2) is 66.0 Å². The van der Waals surface area contributed by atoms with Crippen LogP contribution in [0.4, 0.5) is 16.3 Å². The van der Waals surface area contributed by atoms with Gasteiger partial charge in [0.05, 0.1) is 25.5 Å². The predicted molar refractivity (Wildman–Crippen MR) is 121 cm³/mol. The van der Waals surface area contributed by atoms with E-state index in [1.165, 1.54) is 5.56 Å². The number of urea groups is 1. The lowest BCUT2D eigenvalue weighted by Crippen LogP contribution is -2.39. The summed E-state index contributed by atoms with van der Waals surface area (Å²) < 4.78 is 7.88. The number of benzene rings is 1. The third kappa shape index (κ3) is 4.69. The van der Waals surface area contributed by atoms with Crippen molar-refractivity contribution < 1.29 is 9.53 Å². The molecule has 0 aliphatic carbocycles. The third-order valence-electron chi connectivity index (χ3n) is 5.32. The van der Waals surface area contributed by atoms with Gasteiger partial charge in [0.2, 0.25) is 0 Å². The number of hydrogen-bond acceptors (Lipinski definition) is 7. The Morgan fingerprint density at radius 3 is 2.63 bits per heavy atom. The molecule has 1 aromatic carbocycles. The average molecular weight is 429 g/mol. The minimum atomic E-state index is -0.206. The van der Waals surface area contributed by atoms with E-state index in [4.69, 9.17) is 14.7 Å². The minimum absolute atomic E-state index is 0.206. The molecule has 0 bridgehead atoms. The van der Waals surface area contributed by atoms with Gasteiger partial charge in [0.25, 0.3) is 0 Å². The van der Waals surface area contributed by atoms with Gasteiger partial charge in [-0.3, -0.25) is 0 Å². The second-order valence-electron chi connectivity index (χ2n) is 7.25. The second-order valence-corrected chi connectivity index (χ2v) is 8.13. The van der Waals surface area contributed by atoms with Crippen LogP contribution < -0.4 is 15.5 Å². The molecule has 8 nitrogen and oxygen atoms in total. The number of aromatic nitrogens is 2. The molecule has 3 heterocycles. The van der Waals surface area contributed by atoms with Crippen LogP contribution in [0, 0.1) is 0 Å². The Labute approximate surface area is 181 Å². The highest BCUT2D eigenvalue weighted by atomic mass is 32.2. The number of nitrogens with zero attached hydrogens (tertiary/aromatic N) is 4. The molecule has 2 amide bonds. The summed E-state index contributed by atoms with van der Waals surface area (Å²) in [5.74, 6) is 1.77. The number of morpholine rings is 1. The molecule has 4 rings (SSSR count). The van der Waals surface area contributed by atoms with Crippen molar-refractivity contribution in [3.63, 3.8) is 0 Å². The molecule has 2 aromatic rings. The first-order valence-corrected chi connectivity index (χ1v) is 11.5. The summed E-state index contributed by atoms with van der Waals surface area (Å²) in [7, 11) is 0. The van der Waals surface area contributed by atoms with Gasteiger partial charge in [0.1, 0.15) is 5.82 Å². The predicted octanol–water partition coefficient (Wildman–Crippen LogP) is 2.76. The van der Waals surface area contributed by atoms with Crippen molar-refractivity contribution >= 4 is 29.5 Å². The van der Waals surface area contributed by atoms with Crippen LogP contribution in [0.3, 0.4) is 0 Å². The summed E-state index contributed by atoms with van der Waals surface area (Å²) in [5, 5.41) is 5.56. The number of carbonyl (C=O) groups excluding carboxylic acids is 1. The number of nitrogens with one attached hydrogen (secondary N) is 2. The summed E-state index contributed by atoms with van der Waals surface area (Å²) in [5.41, 5.74) is 4.05. The Morgan fingerprint density at radius 1 is 1.17 bits per heavy atom. The Balaban J connectivity index is 1.65. The molecule has 160 valence electrons. The summed E-state index contributed by atoms with van der Waals surface area (Å²) in [6, 6.07) is 7.48. The first-order valence-electron chi connectivity index (χ1n) is 10.3. The number of fused-ring (bicyclic) bond motifs is 1. The van der Waals surface area contributed by atoms with Gasteiger partial charge in [-0.2, -0.15) is 0 Å². The maximum Gasteiger partial charge on any atom is 0.319 e. The molecule has 30 heavy (non-hydrogen) atoms. The minimum Gasteiger partial charge on any atom is -0.378 e. The fraction of sp³-hybridized carbons (Fsp3) is 0.476. The molecule has 0 radical (unpaired) electrons. The number of hydrogen-bond donors (Lipinski definition) is 2. The van der Waals surface area contributed by atoms with Crippen LogP contribution in [0.1, 0.15) is 18.2 Å². The quantitative estimate of drug-likeness (QED) is 0.709. The molecular formula is C21H28N6O2S. The van der Waals surface area contributed by atoms with Crippen LogP contribution in [-0.2, 0) is 17.7 Å². The molecule has 1 saturated heterocycles. The number of amides is 2. The standard InChI is InChI=1S/C21H28N6O2S/c1-3-22-21(28)23-16-6-4-15(5-7-16)19-24-18-14-27(30-2)9-8-17(18)20(25-19)26-10-12-29-13-11-26/h4-7H,3,8-14H2,1-2H3,(H2,22,23,28). The van der Waals surface area contributed by atoms with Crippen molar-refractivity contribution in [3.8, 4) is 11.4 Å². The van der Waals surface area contributed by atoms with E-state index in [1.807, 2.05) is 31.2 Å². The van der Waals surface area contributed by atoms with Gasteiger partial charge in [0.15, 0.2) is 5.82 Å². The fourth-order valence-corrected chi connectivity index (χ4v) is 4.27. The Bertz CT molecular complexity index is 886. The van der Waals surface area contributed by atoms with Crippen LogP contribution in [0.25, 0.3) is 11.4 Å². The van der Waals surface area contributed by atoms with Gasteiger partial charge in [-0.15, -0.1) is 0 Å². The second kappa shape index (κ2) is 9.63. The van der Waals surface area contributed by atoms with Crippen LogP contribution >= 0.6 is 11.9 Å². The highest BCUT2D eigenvalue weighted by Crippen LogP contribution is 2.31. The number of ether oxygens (including phenoxy) is 1. The number of rotatable bonds is 5. The SMILES string of the molecule is CCNC(=O)Nc1ccc(-c2nc3c(c(N4CCOCC4)n2)CCN(SC)C3)cc1. The zero-order valence-electron chi connectivity index (χ0n) is 17.5. The van der Waals surface area contributed by atoms with Crippen molar-refractivity contribution in [2.24, 2.45) is 0 Å². The molecule has 0 unspecified atom stereocenters. The van der Waals surface area contributed by atoms with Crippen molar-refractivity contribution in [2.75, 3.05) is 55.9 Å². The fourth-order valence-electron chi connectivity index (χ4n) is 3.75. The Morgan fingerprint density at radius 2 is 1.93 bits per heavy atom. The van der Waals surface area contributed by atoms with Gasteiger partial charge in [-0.25, -0.2) is 19.1 Å². The molecule has 2 N–H and O–H groups in total. The van der Waals surface area contributed by atoms with Crippen LogP contribution in [0.15, 0.2) is 24.3 Å². The highest BCUT2D eigenvalue weighted by Gasteiger charge is 2.26. The van der Waals surface area contributed by atoms with Gasteiger partial charge >= 0.3 is 6.03 Å². The summed E-state index contributed by atoms with van der Waals surface area (Å²) in [4.78, 5) is 24.0. The molecule has 9 heteroatoms. The monoisotopic (exact) mass is 428 g/mol. The molecule has 2 aliphatic heterocycles. The van der Waals surface area contributed by atoms with Gasteiger partial charge in [-0.1, -0.05) is 11.9 Å². The van der Waals surface area contributed by atoms with E-state index >= 15 is 0 Å². The Hall–Kier alpha value is -2.36. The van der Waals surface area contributed by atoms with Crippen LogP contribution in [0.5, 0.6) is 0 Å². The van der Waals surface area contributed by atoms with E-state index in [0.29, 0.717) is 6.54 Å². The van der Waals surface area contributed by atoms with Crippen LogP contribution in [0.2, 0.25) is 0 Å². The maximum atomic E-state index is 11.7. The number of anilines is 2. The molecule has 0 spiro atoms. The normalized spacial score (nSPS) is 16.8. The van der Waals surface area contributed by atoms with Crippen molar-refractivity contribution in [1.29, 1.82) is 0 Å². The lowest BCUT2D eigenvalue weighted by Gasteiger charge is -2.33. The molecule has 2 aliphatic rings. The van der Waals surface area contributed by atoms with Crippen molar-refractivity contribution in [3.05, 3.63) is 35.5 Å². The smallest absolute Gasteiger partial charge is 0.319 e. The van der Waals surface area contributed by atoms with E-state index in [1.54, 1.807) is 11.9 Å². The van der Waals surface area contributed by atoms with E-state index in [2.05, 4.69) is 26.1 Å². The molecule has 0 saturated carbocycles. The zero-order valence-corrected chi connectivity index (χ0v) is 18.3. The van der Waals surface area contributed by atoms with E-state index in [0.717, 1.165) is 74.4 Å². The summed E-state index contributed by atoms with van der Waals surface area (Å²) in [6.45, 7) is 7.46. The lowest BCUT2D eigenvalue weighted by atomic mass is 10.1. The van der Waals surface area contributed by atoms with E-state index in [-0.39, 0.29) is 6.03 Å². The van der Waals surface area contributed by atoms with Crippen molar-refractivity contribution in [2.45, 2.75) is 19.9 Å². The third-order valence-corrected chi connectivity index (χ3v) is 6.14. The highest BCUT2D eigenvalue weighted by molar-refractivity contribution is 7.96. The summed E-state index contributed by atoms with van der Waals surface area (Å²) in [6.07, 6.45) is 3.06. The first kappa shape index (κ1) is 20.9. The van der Waals surface area contributed by atoms with E-state index < -0.39 is 0 Å². The van der Waals surface area contributed by atoms with Gasteiger partial charge in [-0.05, 0) is 43.9 Å². The van der Waals surface area contributed by atoms with E-state index in [9.17, 15) is 4.79 Å². The molecule has 1 fully saturated rings. The lowest BCUT2D eigenvalue weighted by molar-refractivity contribution is 0.122.